The lowest BCUT2D eigenvalue weighted by molar-refractivity contribution is 0.332. The van der Waals surface area contributed by atoms with Crippen LogP contribution in [0.2, 0.25) is 0 Å². The van der Waals surface area contributed by atoms with Gasteiger partial charge in [0.1, 0.15) is 0 Å². The Morgan fingerprint density at radius 2 is 1.46 bits per heavy atom. The van der Waals surface area contributed by atoms with Gasteiger partial charge in [-0.05, 0) is 85.6 Å². The Bertz CT molecular complexity index is 556. The number of hydrogen-bond acceptors (Lipinski definition) is 0. The van der Waals surface area contributed by atoms with Crippen molar-refractivity contribution in [3.05, 3.63) is 33.9 Å². The molecule has 0 nitrogen and oxygen atoms in total. The molecule has 0 aromatic heterocycles. The molecule has 2 aliphatic rings. The van der Waals surface area contributed by atoms with E-state index in [4.69, 9.17) is 0 Å². The van der Waals surface area contributed by atoms with Crippen LogP contribution in [-0.2, 0) is 12.8 Å². The lowest BCUT2D eigenvalue weighted by Crippen LogP contribution is -2.12. The van der Waals surface area contributed by atoms with E-state index in [1.54, 1.807) is 27.8 Å². The van der Waals surface area contributed by atoms with Crippen LogP contribution in [0.5, 0.6) is 0 Å². The average molecular weight is 355 g/mol. The number of rotatable bonds is 7. The highest BCUT2D eigenvalue weighted by Crippen LogP contribution is 2.38. The Labute approximate surface area is 163 Å². The van der Waals surface area contributed by atoms with E-state index in [0.717, 1.165) is 11.8 Å². The highest BCUT2D eigenvalue weighted by Gasteiger charge is 2.22. The lowest BCUT2D eigenvalue weighted by atomic mass is 9.77. The van der Waals surface area contributed by atoms with Gasteiger partial charge in [0.15, 0.2) is 0 Å². The summed E-state index contributed by atoms with van der Waals surface area (Å²) in [6, 6.07) is 2.62. The third kappa shape index (κ3) is 4.93. The molecule has 3 rings (SSSR count). The standard InChI is InChI=1S/C26H42/c1-4-12-25-21(3)24(18-11-15-22-13-7-5-8-14-22)20(2)19-26(25)23-16-9-6-10-17-23/h19,22-23H,4-18H2,1-3H3. The molecule has 0 atom stereocenters. The van der Waals surface area contributed by atoms with E-state index in [2.05, 4.69) is 26.8 Å². The summed E-state index contributed by atoms with van der Waals surface area (Å²) in [7, 11) is 0. The molecule has 146 valence electrons. The van der Waals surface area contributed by atoms with Gasteiger partial charge in [0.2, 0.25) is 0 Å². The van der Waals surface area contributed by atoms with Crippen molar-refractivity contribution < 1.29 is 0 Å². The second kappa shape index (κ2) is 9.95. The lowest BCUT2D eigenvalue weighted by Gasteiger charge is -2.28. The normalized spacial score (nSPS) is 19.8. The molecule has 2 fully saturated rings. The van der Waals surface area contributed by atoms with Crippen molar-refractivity contribution in [3.63, 3.8) is 0 Å². The zero-order valence-electron chi connectivity index (χ0n) is 17.8. The van der Waals surface area contributed by atoms with E-state index < -0.39 is 0 Å². The van der Waals surface area contributed by atoms with Gasteiger partial charge >= 0.3 is 0 Å². The van der Waals surface area contributed by atoms with Crippen LogP contribution >= 0.6 is 0 Å². The van der Waals surface area contributed by atoms with Gasteiger partial charge in [0, 0.05) is 0 Å². The first-order valence-electron chi connectivity index (χ1n) is 11.8. The number of aryl methyl sites for hydroxylation is 1. The highest BCUT2D eigenvalue weighted by atomic mass is 14.3. The van der Waals surface area contributed by atoms with Crippen LogP contribution in [0.1, 0.15) is 124 Å². The highest BCUT2D eigenvalue weighted by molar-refractivity contribution is 5.47. The van der Waals surface area contributed by atoms with Crippen LogP contribution in [0.25, 0.3) is 0 Å². The maximum atomic E-state index is 2.62. The monoisotopic (exact) mass is 354 g/mol. The van der Waals surface area contributed by atoms with E-state index in [9.17, 15) is 0 Å². The van der Waals surface area contributed by atoms with Crippen molar-refractivity contribution in [1.82, 2.24) is 0 Å². The predicted octanol–water partition coefficient (Wildman–Crippen LogP) is 8.21. The van der Waals surface area contributed by atoms with E-state index in [-0.39, 0.29) is 0 Å². The summed E-state index contributed by atoms with van der Waals surface area (Å²) in [5.41, 5.74) is 8.42. The van der Waals surface area contributed by atoms with E-state index in [1.165, 1.54) is 96.3 Å². The van der Waals surface area contributed by atoms with Gasteiger partial charge in [-0.3, -0.25) is 0 Å². The van der Waals surface area contributed by atoms with Crippen molar-refractivity contribution in [2.45, 2.75) is 123 Å². The Morgan fingerprint density at radius 1 is 0.808 bits per heavy atom. The zero-order chi connectivity index (χ0) is 18.4. The quantitative estimate of drug-likeness (QED) is 0.463. The molecule has 0 N–H and O–H groups in total. The molecule has 0 heterocycles. The molecule has 1 aromatic rings. The molecule has 26 heavy (non-hydrogen) atoms. The first-order valence-corrected chi connectivity index (χ1v) is 11.8. The Hall–Kier alpha value is -0.780. The molecule has 0 bridgehead atoms. The van der Waals surface area contributed by atoms with Crippen LogP contribution in [-0.4, -0.2) is 0 Å². The van der Waals surface area contributed by atoms with Crippen LogP contribution in [0.4, 0.5) is 0 Å². The summed E-state index contributed by atoms with van der Waals surface area (Å²) in [5, 5.41) is 0. The molecule has 0 saturated heterocycles. The summed E-state index contributed by atoms with van der Waals surface area (Å²) in [6.07, 6.45) is 21.4. The van der Waals surface area contributed by atoms with Crippen molar-refractivity contribution in [2.75, 3.05) is 0 Å². The maximum Gasteiger partial charge on any atom is -0.0159 e. The van der Waals surface area contributed by atoms with E-state index in [1.807, 2.05) is 0 Å². The van der Waals surface area contributed by atoms with Crippen molar-refractivity contribution >= 4 is 0 Å². The fourth-order valence-corrected chi connectivity index (χ4v) is 5.89. The van der Waals surface area contributed by atoms with Crippen LogP contribution in [0, 0.1) is 19.8 Å². The van der Waals surface area contributed by atoms with Crippen molar-refractivity contribution in [3.8, 4) is 0 Å². The number of hydrogen-bond donors (Lipinski definition) is 0. The second-order valence-corrected chi connectivity index (χ2v) is 9.35. The minimum absolute atomic E-state index is 0.846. The molecule has 0 amide bonds. The molecular formula is C26H42. The van der Waals surface area contributed by atoms with E-state index >= 15 is 0 Å². The topological polar surface area (TPSA) is 0 Å². The first-order chi connectivity index (χ1) is 12.7. The van der Waals surface area contributed by atoms with Crippen molar-refractivity contribution in [1.29, 1.82) is 0 Å². The minimum Gasteiger partial charge on any atom is -0.0651 e. The van der Waals surface area contributed by atoms with E-state index in [0.29, 0.717) is 0 Å². The SMILES string of the molecule is CCCc1c(C2CCCCC2)cc(C)c(CCCC2CCCCC2)c1C. The average Bonchev–Trinajstić information content (AvgIpc) is 2.68. The zero-order valence-corrected chi connectivity index (χ0v) is 17.8. The Morgan fingerprint density at radius 3 is 2.12 bits per heavy atom. The van der Waals surface area contributed by atoms with Gasteiger partial charge in [0.25, 0.3) is 0 Å². The summed E-state index contributed by atoms with van der Waals surface area (Å²) >= 11 is 0. The summed E-state index contributed by atoms with van der Waals surface area (Å²) in [5.74, 6) is 1.87. The molecule has 0 spiro atoms. The van der Waals surface area contributed by atoms with Crippen LogP contribution in [0.3, 0.4) is 0 Å². The maximum absolute atomic E-state index is 2.62. The Balaban J connectivity index is 1.73. The fourth-order valence-electron chi connectivity index (χ4n) is 5.89. The molecular weight excluding hydrogens is 312 g/mol. The first kappa shape index (κ1) is 20.0. The van der Waals surface area contributed by atoms with Gasteiger partial charge in [-0.2, -0.15) is 0 Å². The predicted molar refractivity (Wildman–Crippen MR) is 115 cm³/mol. The molecule has 0 radical (unpaired) electrons. The van der Waals surface area contributed by atoms with Gasteiger partial charge in [-0.25, -0.2) is 0 Å². The summed E-state index contributed by atoms with van der Waals surface area (Å²) in [4.78, 5) is 0. The summed E-state index contributed by atoms with van der Waals surface area (Å²) in [6.45, 7) is 7.19. The molecule has 1 aromatic carbocycles. The number of benzene rings is 1. The third-order valence-corrected chi connectivity index (χ3v) is 7.41. The Kier molecular flexibility index (Phi) is 7.64. The molecule has 0 heteroatoms. The molecule has 2 saturated carbocycles. The molecule has 2 aliphatic carbocycles. The molecule has 0 unspecified atom stereocenters. The van der Waals surface area contributed by atoms with Crippen LogP contribution < -0.4 is 0 Å². The van der Waals surface area contributed by atoms with Gasteiger partial charge in [0.05, 0.1) is 0 Å². The second-order valence-electron chi connectivity index (χ2n) is 9.35. The van der Waals surface area contributed by atoms with Gasteiger partial charge < -0.3 is 0 Å². The summed E-state index contributed by atoms with van der Waals surface area (Å²) < 4.78 is 0. The largest absolute Gasteiger partial charge is 0.0651 e. The van der Waals surface area contributed by atoms with Gasteiger partial charge in [-0.1, -0.05) is 77.2 Å². The smallest absolute Gasteiger partial charge is 0.0159 e. The molecule has 0 aliphatic heterocycles. The van der Waals surface area contributed by atoms with Crippen molar-refractivity contribution in [2.24, 2.45) is 5.92 Å². The van der Waals surface area contributed by atoms with Gasteiger partial charge in [-0.15, -0.1) is 0 Å². The van der Waals surface area contributed by atoms with Crippen LogP contribution in [0.15, 0.2) is 6.07 Å². The third-order valence-electron chi connectivity index (χ3n) is 7.41. The minimum atomic E-state index is 0.846. The fraction of sp³-hybridized carbons (Fsp3) is 0.769.